The van der Waals surface area contributed by atoms with E-state index in [1.165, 1.54) is 19.1 Å². The summed E-state index contributed by atoms with van der Waals surface area (Å²) in [5, 5.41) is 3.35. The van der Waals surface area contributed by atoms with E-state index in [1.54, 1.807) is 24.3 Å². The van der Waals surface area contributed by atoms with Crippen LogP contribution in [0.4, 0.5) is 0 Å². The largest absolute Gasteiger partial charge is 0.383 e. The molecule has 10 heteroatoms. The van der Waals surface area contributed by atoms with Crippen LogP contribution in [0.15, 0.2) is 54.6 Å². The van der Waals surface area contributed by atoms with E-state index in [0.717, 1.165) is 21.7 Å². The molecule has 0 heterocycles. The summed E-state index contributed by atoms with van der Waals surface area (Å²) in [6, 6.07) is 15.4. The number of hydrogen-bond acceptors (Lipinski definition) is 5. The fourth-order valence-electron chi connectivity index (χ4n) is 3.13. The van der Waals surface area contributed by atoms with Gasteiger partial charge in [0.2, 0.25) is 21.8 Å². The summed E-state index contributed by atoms with van der Waals surface area (Å²) in [6.45, 7) is 0.338. The number of nitrogens with one attached hydrogen (secondary N) is 1. The maximum atomic E-state index is 13.3. The van der Waals surface area contributed by atoms with E-state index < -0.39 is 22.0 Å². The van der Waals surface area contributed by atoms with Gasteiger partial charge >= 0.3 is 0 Å². The molecule has 8 nitrogen and oxygen atoms in total. The molecule has 0 aliphatic rings. The molecule has 1 atom stereocenters. The summed E-state index contributed by atoms with van der Waals surface area (Å²) in [4.78, 5) is 27.9. The Bertz CT molecular complexity index is 1020. The van der Waals surface area contributed by atoms with Crippen LogP contribution in [0, 0.1) is 0 Å². The first kappa shape index (κ1) is 26.8. The molecule has 1 N–H and O–H groups in total. The monoisotopic (exact) mass is 495 g/mol. The molecular weight excluding hydrogens is 466 g/mol. The fourth-order valence-corrected chi connectivity index (χ4v) is 3.60. The van der Waals surface area contributed by atoms with Crippen molar-refractivity contribution in [3.63, 3.8) is 0 Å². The molecule has 0 saturated heterocycles. The minimum atomic E-state index is -3.58. The molecule has 0 aliphatic carbocycles. The van der Waals surface area contributed by atoms with Gasteiger partial charge in [0.05, 0.1) is 19.4 Å². The van der Waals surface area contributed by atoms with Crippen LogP contribution in [0.5, 0.6) is 0 Å². The van der Waals surface area contributed by atoms with Crippen molar-refractivity contribution in [3.05, 3.63) is 70.7 Å². The Kier molecular flexibility index (Phi) is 10.3. The number of benzene rings is 2. The normalized spacial score (nSPS) is 12.4. The van der Waals surface area contributed by atoms with Crippen LogP contribution in [0.3, 0.4) is 0 Å². The van der Waals surface area contributed by atoms with Crippen molar-refractivity contribution in [2.24, 2.45) is 0 Å². The highest BCUT2D eigenvalue weighted by molar-refractivity contribution is 7.88. The smallest absolute Gasteiger partial charge is 0.243 e. The summed E-state index contributed by atoms with van der Waals surface area (Å²) in [6.07, 6.45) is 1.30. The summed E-state index contributed by atoms with van der Waals surface area (Å²) in [7, 11) is -0.716. The van der Waals surface area contributed by atoms with Crippen molar-refractivity contribution in [3.8, 4) is 0 Å². The van der Waals surface area contributed by atoms with Crippen LogP contribution in [0.1, 0.15) is 11.1 Å². The van der Waals surface area contributed by atoms with Crippen LogP contribution in [-0.2, 0) is 37.3 Å². The van der Waals surface area contributed by atoms with Gasteiger partial charge in [-0.2, -0.15) is 4.31 Å². The molecule has 2 aromatic carbocycles. The molecule has 0 saturated carbocycles. The van der Waals surface area contributed by atoms with Crippen LogP contribution >= 0.6 is 11.6 Å². The molecule has 2 rings (SSSR count). The van der Waals surface area contributed by atoms with E-state index in [9.17, 15) is 18.0 Å². The minimum absolute atomic E-state index is 0.114. The van der Waals surface area contributed by atoms with E-state index in [-0.39, 0.29) is 32.0 Å². The Labute approximate surface area is 200 Å². The number of likely N-dealkylation sites (N-methyl/N-ethyl adjacent to an activating group) is 1. The van der Waals surface area contributed by atoms with Crippen LogP contribution < -0.4 is 5.32 Å². The zero-order valence-corrected chi connectivity index (χ0v) is 20.6. The van der Waals surface area contributed by atoms with Crippen molar-refractivity contribution in [1.29, 1.82) is 0 Å². The lowest BCUT2D eigenvalue weighted by atomic mass is 10.0. The number of hydrogen-bond donors (Lipinski definition) is 1. The Morgan fingerprint density at radius 3 is 2.27 bits per heavy atom. The van der Waals surface area contributed by atoms with Crippen molar-refractivity contribution < 1.29 is 22.7 Å². The molecule has 0 spiro atoms. The fraction of sp³-hybridized carbons (Fsp3) is 0.391. The zero-order chi connectivity index (χ0) is 24.4. The molecule has 33 heavy (non-hydrogen) atoms. The van der Waals surface area contributed by atoms with Crippen LogP contribution in [-0.4, -0.2) is 75.6 Å². The third-order valence-electron chi connectivity index (χ3n) is 5.07. The first-order valence-corrected chi connectivity index (χ1v) is 12.6. The Hall–Kier alpha value is -2.46. The number of carbonyl (C=O) groups is 2. The third-order valence-corrected chi connectivity index (χ3v) is 6.58. The van der Waals surface area contributed by atoms with Gasteiger partial charge in [0.15, 0.2) is 0 Å². The molecule has 0 aromatic heterocycles. The number of amides is 2. The number of nitrogens with zero attached hydrogens (tertiary/aromatic N) is 2. The Balaban J connectivity index is 2.40. The number of rotatable bonds is 12. The van der Waals surface area contributed by atoms with Crippen molar-refractivity contribution in [2.45, 2.75) is 19.0 Å². The molecule has 0 radical (unpaired) electrons. The average Bonchev–Trinajstić information content (AvgIpc) is 2.77. The Morgan fingerprint density at radius 1 is 1.06 bits per heavy atom. The highest BCUT2D eigenvalue weighted by atomic mass is 35.5. The van der Waals surface area contributed by atoms with Crippen LogP contribution in [0.25, 0.3) is 0 Å². The van der Waals surface area contributed by atoms with Gasteiger partial charge in [-0.25, -0.2) is 8.42 Å². The number of methoxy groups -OCH3 is 1. The summed E-state index contributed by atoms with van der Waals surface area (Å²) >= 11 is 5.99. The molecular formula is C23H30ClN3O5S. The summed E-state index contributed by atoms with van der Waals surface area (Å²) in [5.41, 5.74) is 1.63. The van der Waals surface area contributed by atoms with Crippen molar-refractivity contribution >= 4 is 33.4 Å². The lowest BCUT2D eigenvalue weighted by molar-refractivity contribution is -0.141. The maximum Gasteiger partial charge on any atom is 0.243 e. The lowest BCUT2D eigenvalue weighted by Crippen LogP contribution is -2.53. The number of carbonyl (C=O) groups excluding carboxylic acids is 2. The first-order valence-electron chi connectivity index (χ1n) is 10.4. The Morgan fingerprint density at radius 2 is 1.70 bits per heavy atom. The summed E-state index contributed by atoms with van der Waals surface area (Å²) in [5.74, 6) is -0.832. The lowest BCUT2D eigenvalue weighted by Gasteiger charge is -2.32. The molecule has 0 fully saturated rings. The highest BCUT2D eigenvalue weighted by Gasteiger charge is 2.31. The predicted octanol–water partition coefficient (Wildman–Crippen LogP) is 1.93. The molecule has 180 valence electrons. The van der Waals surface area contributed by atoms with Crippen molar-refractivity contribution in [2.75, 3.05) is 40.1 Å². The van der Waals surface area contributed by atoms with E-state index in [1.807, 2.05) is 30.3 Å². The first-order chi connectivity index (χ1) is 15.6. The van der Waals surface area contributed by atoms with E-state index >= 15 is 0 Å². The highest BCUT2D eigenvalue weighted by Crippen LogP contribution is 2.17. The van der Waals surface area contributed by atoms with E-state index in [0.29, 0.717) is 11.6 Å². The molecule has 2 aromatic rings. The van der Waals surface area contributed by atoms with E-state index in [4.69, 9.17) is 16.3 Å². The van der Waals surface area contributed by atoms with Crippen molar-refractivity contribution in [1.82, 2.24) is 14.5 Å². The maximum absolute atomic E-state index is 13.3. The van der Waals surface area contributed by atoms with Gasteiger partial charge in [-0.3, -0.25) is 9.59 Å². The molecule has 2 amide bonds. The number of ether oxygens (including phenoxy) is 1. The van der Waals surface area contributed by atoms with Gasteiger partial charge in [-0.15, -0.1) is 0 Å². The van der Waals surface area contributed by atoms with Gasteiger partial charge in [0.1, 0.15) is 6.04 Å². The number of halogens is 1. The topological polar surface area (TPSA) is 96.0 Å². The minimum Gasteiger partial charge on any atom is -0.383 e. The van der Waals surface area contributed by atoms with Gasteiger partial charge in [-0.1, -0.05) is 54.1 Å². The van der Waals surface area contributed by atoms with Gasteiger partial charge in [0.25, 0.3) is 0 Å². The third kappa shape index (κ3) is 8.77. The molecule has 0 bridgehead atoms. The predicted molar refractivity (Wildman–Crippen MR) is 128 cm³/mol. The molecule has 0 unspecified atom stereocenters. The zero-order valence-electron chi connectivity index (χ0n) is 19.0. The van der Waals surface area contributed by atoms with Gasteiger partial charge in [-0.05, 0) is 23.3 Å². The standard InChI is InChI=1S/C23H30ClN3O5S/c1-26(33(3,30)31)17-22(28)27(16-19-9-11-20(24)12-10-19)21(23(29)25-13-14-32-2)15-18-7-5-4-6-8-18/h4-12,21H,13-17H2,1-3H3,(H,25,29)/t21-/m1/s1. The summed E-state index contributed by atoms with van der Waals surface area (Å²) < 4.78 is 29.8. The second-order valence-corrected chi connectivity index (χ2v) is 10.2. The quantitative estimate of drug-likeness (QED) is 0.454. The second-order valence-electron chi connectivity index (χ2n) is 7.66. The van der Waals surface area contributed by atoms with E-state index in [2.05, 4.69) is 5.32 Å². The number of sulfonamides is 1. The van der Waals surface area contributed by atoms with Crippen LogP contribution in [0.2, 0.25) is 5.02 Å². The van der Waals surface area contributed by atoms with Gasteiger partial charge in [0, 0.05) is 38.7 Å². The van der Waals surface area contributed by atoms with Gasteiger partial charge < -0.3 is 15.0 Å². The second kappa shape index (κ2) is 12.7. The average molecular weight is 496 g/mol. The molecule has 0 aliphatic heterocycles. The SMILES string of the molecule is COCCNC(=O)[C@@H](Cc1ccccc1)N(Cc1ccc(Cl)cc1)C(=O)CN(C)S(C)(=O)=O.